The summed E-state index contributed by atoms with van der Waals surface area (Å²) in [7, 11) is 1.66. The first-order chi connectivity index (χ1) is 13.6. The number of nitrogens with zero attached hydrogens (tertiary/aromatic N) is 2. The molecule has 0 atom stereocenters. The van der Waals surface area contributed by atoms with Crippen LogP contribution >= 0.6 is 11.3 Å². The number of carbonyl (C=O) groups excluding carboxylic acids is 2. The Morgan fingerprint density at radius 1 is 1.18 bits per heavy atom. The molecule has 0 radical (unpaired) electrons. The molecule has 1 fully saturated rings. The Bertz CT molecular complexity index is 766. The standard InChI is InChI=1S/C22H28N2O3S/c1-17-3-5-19(6-4-17)21(25)23-10-7-20(8-11-23)22(26)24(12-13-27-2)15-18-9-14-28-16-18/h3-6,9,14,16,20H,7-8,10-13,15H2,1-2H3. The second-order valence-electron chi connectivity index (χ2n) is 7.32. The van der Waals surface area contributed by atoms with Crippen LogP contribution in [0.4, 0.5) is 0 Å². The van der Waals surface area contributed by atoms with E-state index in [4.69, 9.17) is 4.74 Å². The van der Waals surface area contributed by atoms with Crippen LogP contribution < -0.4 is 0 Å². The van der Waals surface area contributed by atoms with Gasteiger partial charge in [0.2, 0.25) is 5.91 Å². The quantitative estimate of drug-likeness (QED) is 0.714. The molecule has 0 unspecified atom stereocenters. The van der Waals surface area contributed by atoms with Gasteiger partial charge in [-0.1, -0.05) is 17.7 Å². The third-order valence-corrected chi connectivity index (χ3v) is 5.99. The Hall–Kier alpha value is -2.18. The van der Waals surface area contributed by atoms with Crippen LogP contribution in [0.2, 0.25) is 0 Å². The zero-order chi connectivity index (χ0) is 19.9. The number of ether oxygens (including phenoxy) is 1. The van der Waals surface area contributed by atoms with Crippen molar-refractivity contribution in [3.05, 3.63) is 57.8 Å². The summed E-state index contributed by atoms with van der Waals surface area (Å²) in [5, 5.41) is 4.11. The van der Waals surface area contributed by atoms with Crippen LogP contribution in [-0.2, 0) is 16.1 Å². The van der Waals surface area contributed by atoms with Crippen molar-refractivity contribution >= 4 is 23.2 Å². The van der Waals surface area contributed by atoms with Crippen molar-refractivity contribution in [1.29, 1.82) is 0 Å². The minimum atomic E-state index is -0.0300. The third-order valence-electron chi connectivity index (χ3n) is 5.26. The summed E-state index contributed by atoms with van der Waals surface area (Å²) in [5.74, 6) is 0.198. The number of hydrogen-bond acceptors (Lipinski definition) is 4. The maximum atomic E-state index is 13.1. The Labute approximate surface area is 170 Å². The van der Waals surface area contributed by atoms with Gasteiger partial charge in [0.1, 0.15) is 0 Å². The van der Waals surface area contributed by atoms with Crippen LogP contribution in [0.3, 0.4) is 0 Å². The van der Waals surface area contributed by atoms with Crippen molar-refractivity contribution < 1.29 is 14.3 Å². The fraction of sp³-hybridized carbons (Fsp3) is 0.455. The molecule has 1 saturated heterocycles. The second-order valence-corrected chi connectivity index (χ2v) is 8.10. The van der Waals surface area contributed by atoms with Gasteiger partial charge in [0, 0.05) is 44.8 Å². The van der Waals surface area contributed by atoms with Gasteiger partial charge in [0.05, 0.1) is 6.61 Å². The van der Waals surface area contributed by atoms with Crippen molar-refractivity contribution in [2.45, 2.75) is 26.3 Å². The molecule has 150 valence electrons. The summed E-state index contributed by atoms with van der Waals surface area (Å²) in [6, 6.07) is 9.73. The first kappa shape index (κ1) is 20.6. The van der Waals surface area contributed by atoms with Gasteiger partial charge in [0.15, 0.2) is 0 Å². The van der Waals surface area contributed by atoms with Crippen LogP contribution in [0.1, 0.15) is 34.3 Å². The number of amides is 2. The lowest BCUT2D eigenvalue weighted by Crippen LogP contribution is -2.45. The fourth-order valence-electron chi connectivity index (χ4n) is 3.54. The lowest BCUT2D eigenvalue weighted by molar-refractivity contribution is -0.138. The molecule has 3 rings (SSSR count). The maximum Gasteiger partial charge on any atom is 0.253 e. The van der Waals surface area contributed by atoms with E-state index < -0.39 is 0 Å². The second kappa shape index (κ2) is 9.85. The van der Waals surface area contributed by atoms with Gasteiger partial charge in [-0.25, -0.2) is 0 Å². The van der Waals surface area contributed by atoms with Crippen molar-refractivity contribution in [2.75, 3.05) is 33.4 Å². The number of benzene rings is 1. The molecule has 0 saturated carbocycles. The average molecular weight is 401 g/mol. The maximum absolute atomic E-state index is 13.1. The summed E-state index contributed by atoms with van der Waals surface area (Å²) >= 11 is 1.64. The first-order valence-corrected chi connectivity index (χ1v) is 10.7. The van der Waals surface area contributed by atoms with Crippen LogP contribution in [0.5, 0.6) is 0 Å². The van der Waals surface area contributed by atoms with Gasteiger partial charge in [0.25, 0.3) is 5.91 Å². The molecule has 5 nitrogen and oxygen atoms in total. The molecule has 28 heavy (non-hydrogen) atoms. The molecule has 1 aromatic heterocycles. The number of aryl methyl sites for hydroxylation is 1. The lowest BCUT2D eigenvalue weighted by Gasteiger charge is -2.34. The molecule has 2 amide bonds. The SMILES string of the molecule is COCCN(Cc1ccsc1)C(=O)C1CCN(C(=O)c2ccc(C)cc2)CC1. The van der Waals surface area contributed by atoms with E-state index in [1.54, 1.807) is 18.4 Å². The van der Waals surface area contributed by atoms with Gasteiger partial charge in [-0.05, 0) is 54.3 Å². The molecule has 1 aliphatic rings. The number of piperidine rings is 1. The average Bonchev–Trinajstić information content (AvgIpc) is 3.24. The molecular weight excluding hydrogens is 372 g/mol. The highest BCUT2D eigenvalue weighted by Gasteiger charge is 2.30. The molecule has 0 aliphatic carbocycles. The Balaban J connectivity index is 1.57. The highest BCUT2D eigenvalue weighted by atomic mass is 32.1. The lowest BCUT2D eigenvalue weighted by atomic mass is 9.94. The minimum absolute atomic E-state index is 0.0300. The predicted octanol–water partition coefficient (Wildman–Crippen LogP) is 3.58. The monoisotopic (exact) mass is 400 g/mol. The van der Waals surface area contributed by atoms with E-state index in [9.17, 15) is 9.59 Å². The topological polar surface area (TPSA) is 49.9 Å². The normalized spacial score (nSPS) is 14.9. The van der Waals surface area contributed by atoms with Crippen LogP contribution in [0.25, 0.3) is 0 Å². The molecule has 0 N–H and O–H groups in total. The van der Waals surface area contributed by atoms with Gasteiger partial charge in [-0.15, -0.1) is 0 Å². The number of hydrogen-bond donors (Lipinski definition) is 0. The number of methoxy groups -OCH3 is 1. The highest BCUT2D eigenvalue weighted by Crippen LogP contribution is 2.23. The highest BCUT2D eigenvalue weighted by molar-refractivity contribution is 7.07. The Morgan fingerprint density at radius 3 is 2.50 bits per heavy atom. The van der Waals surface area contributed by atoms with Crippen LogP contribution in [-0.4, -0.2) is 55.0 Å². The fourth-order valence-corrected chi connectivity index (χ4v) is 4.20. The zero-order valence-corrected chi connectivity index (χ0v) is 17.4. The van der Waals surface area contributed by atoms with E-state index in [0.717, 1.165) is 16.7 Å². The summed E-state index contributed by atoms with van der Waals surface area (Å²) in [4.78, 5) is 29.5. The van der Waals surface area contributed by atoms with Gasteiger partial charge in [-0.3, -0.25) is 9.59 Å². The smallest absolute Gasteiger partial charge is 0.253 e. The number of thiophene rings is 1. The van der Waals surface area contributed by atoms with Crippen LogP contribution in [0.15, 0.2) is 41.1 Å². The van der Waals surface area contributed by atoms with Crippen molar-refractivity contribution in [3.8, 4) is 0 Å². The van der Waals surface area contributed by atoms with E-state index in [-0.39, 0.29) is 17.7 Å². The zero-order valence-electron chi connectivity index (χ0n) is 16.6. The molecule has 0 spiro atoms. The molecule has 6 heteroatoms. The Morgan fingerprint density at radius 2 is 1.89 bits per heavy atom. The molecule has 2 aromatic rings. The molecule has 1 aliphatic heterocycles. The summed E-state index contributed by atoms with van der Waals surface area (Å²) < 4.78 is 5.19. The van der Waals surface area contributed by atoms with Crippen LogP contribution in [0, 0.1) is 12.8 Å². The van der Waals surface area contributed by atoms with Crippen molar-refractivity contribution in [2.24, 2.45) is 5.92 Å². The minimum Gasteiger partial charge on any atom is -0.383 e. The first-order valence-electron chi connectivity index (χ1n) is 9.73. The van der Waals surface area contributed by atoms with E-state index in [2.05, 4.69) is 11.4 Å². The molecule has 1 aromatic carbocycles. The number of rotatable bonds is 7. The third kappa shape index (κ3) is 5.20. The summed E-state index contributed by atoms with van der Waals surface area (Å²) in [6.07, 6.45) is 1.42. The number of carbonyl (C=O) groups is 2. The molecular formula is C22H28N2O3S. The summed E-state index contributed by atoms with van der Waals surface area (Å²) in [6.45, 7) is 5.00. The molecule has 2 heterocycles. The van der Waals surface area contributed by atoms with Crippen molar-refractivity contribution in [3.63, 3.8) is 0 Å². The summed E-state index contributed by atoms with van der Waals surface area (Å²) in [5.41, 5.74) is 3.01. The van der Waals surface area contributed by atoms with E-state index in [0.29, 0.717) is 45.6 Å². The molecule has 0 bridgehead atoms. The Kier molecular flexibility index (Phi) is 7.23. The van der Waals surface area contributed by atoms with Gasteiger partial charge in [-0.2, -0.15) is 11.3 Å². The van der Waals surface area contributed by atoms with E-state index >= 15 is 0 Å². The largest absolute Gasteiger partial charge is 0.383 e. The number of likely N-dealkylation sites (tertiary alicyclic amines) is 1. The predicted molar refractivity (Wildman–Crippen MR) is 111 cm³/mol. The van der Waals surface area contributed by atoms with Crippen molar-refractivity contribution in [1.82, 2.24) is 9.80 Å². The van der Waals surface area contributed by atoms with Gasteiger partial charge >= 0.3 is 0 Å². The van der Waals surface area contributed by atoms with E-state index in [1.165, 1.54) is 0 Å². The van der Waals surface area contributed by atoms with E-state index in [1.807, 2.05) is 46.4 Å². The van der Waals surface area contributed by atoms with Gasteiger partial charge < -0.3 is 14.5 Å².